The van der Waals surface area contributed by atoms with Gasteiger partial charge in [-0.05, 0) is 58.6 Å². The molecule has 0 amide bonds. The number of nitrogens with zero attached hydrogens (tertiary/aromatic N) is 2. The summed E-state index contributed by atoms with van der Waals surface area (Å²) in [5.74, 6) is 1.95. The molecule has 0 saturated heterocycles. The molecular formula is C17H33N3O. The van der Waals surface area contributed by atoms with Crippen molar-refractivity contribution in [2.45, 2.75) is 53.1 Å². The highest BCUT2D eigenvalue weighted by Gasteiger charge is 2.25. The van der Waals surface area contributed by atoms with E-state index in [-0.39, 0.29) is 12.1 Å². The first kappa shape index (κ1) is 18.2. The Morgan fingerprint density at radius 1 is 1.10 bits per heavy atom. The van der Waals surface area contributed by atoms with E-state index in [0.717, 1.165) is 44.2 Å². The first-order chi connectivity index (χ1) is 10.0. The molecule has 0 aliphatic carbocycles. The van der Waals surface area contributed by atoms with Crippen LogP contribution in [-0.4, -0.2) is 48.6 Å². The molecular weight excluding hydrogens is 262 g/mol. The van der Waals surface area contributed by atoms with Crippen molar-refractivity contribution < 1.29 is 4.42 Å². The Morgan fingerprint density at radius 2 is 1.76 bits per heavy atom. The van der Waals surface area contributed by atoms with Gasteiger partial charge in [0.25, 0.3) is 0 Å². The molecule has 122 valence electrons. The molecule has 1 aromatic rings. The van der Waals surface area contributed by atoms with E-state index in [0.29, 0.717) is 0 Å². The summed E-state index contributed by atoms with van der Waals surface area (Å²) < 4.78 is 5.83. The van der Waals surface area contributed by atoms with E-state index in [4.69, 9.17) is 10.2 Å². The minimum Gasteiger partial charge on any atom is -0.465 e. The van der Waals surface area contributed by atoms with Crippen LogP contribution < -0.4 is 5.73 Å². The molecule has 0 aromatic carbocycles. The van der Waals surface area contributed by atoms with E-state index in [1.54, 1.807) is 0 Å². The second-order valence-corrected chi connectivity index (χ2v) is 5.76. The van der Waals surface area contributed by atoms with E-state index < -0.39 is 0 Å². The number of nitrogens with two attached hydrogens (primary N) is 1. The topological polar surface area (TPSA) is 45.6 Å². The molecule has 0 radical (unpaired) electrons. The summed E-state index contributed by atoms with van der Waals surface area (Å²) in [6, 6.07) is 4.31. The summed E-state index contributed by atoms with van der Waals surface area (Å²) in [4.78, 5) is 4.90. The smallest absolute Gasteiger partial charge is 0.122 e. The summed E-state index contributed by atoms with van der Waals surface area (Å²) in [5.41, 5.74) is 6.23. The molecule has 4 heteroatoms. The largest absolute Gasteiger partial charge is 0.465 e. The lowest BCUT2D eigenvalue weighted by Crippen LogP contribution is -2.40. The average Bonchev–Trinajstić information content (AvgIpc) is 2.87. The monoisotopic (exact) mass is 295 g/mol. The zero-order valence-corrected chi connectivity index (χ0v) is 14.4. The van der Waals surface area contributed by atoms with E-state index in [1.165, 1.54) is 6.42 Å². The van der Waals surface area contributed by atoms with Crippen LogP contribution in [0.2, 0.25) is 0 Å². The number of hydrogen-bond acceptors (Lipinski definition) is 4. The van der Waals surface area contributed by atoms with Crippen LogP contribution in [0, 0.1) is 6.92 Å². The van der Waals surface area contributed by atoms with Crippen LogP contribution in [-0.2, 0) is 0 Å². The van der Waals surface area contributed by atoms with Gasteiger partial charge in [0.1, 0.15) is 11.5 Å². The first-order valence-corrected chi connectivity index (χ1v) is 8.31. The maximum atomic E-state index is 6.23. The second kappa shape index (κ2) is 9.23. The van der Waals surface area contributed by atoms with Crippen molar-refractivity contribution in [2.24, 2.45) is 5.73 Å². The van der Waals surface area contributed by atoms with Crippen LogP contribution in [0.5, 0.6) is 0 Å². The zero-order valence-electron chi connectivity index (χ0n) is 14.4. The molecule has 0 aliphatic heterocycles. The molecule has 0 spiro atoms. The lowest BCUT2D eigenvalue weighted by Gasteiger charge is -2.32. The summed E-state index contributed by atoms with van der Waals surface area (Å²) in [6.07, 6.45) is 1.17. The van der Waals surface area contributed by atoms with E-state index in [2.05, 4.69) is 43.6 Å². The Bertz CT molecular complexity index is 385. The van der Waals surface area contributed by atoms with Crippen molar-refractivity contribution in [1.82, 2.24) is 9.80 Å². The van der Waals surface area contributed by atoms with Crippen LogP contribution >= 0.6 is 0 Å². The van der Waals surface area contributed by atoms with Gasteiger partial charge in [0.2, 0.25) is 0 Å². The summed E-state index contributed by atoms with van der Waals surface area (Å²) in [6.45, 7) is 16.1. The Balaban J connectivity index is 2.66. The van der Waals surface area contributed by atoms with E-state index >= 15 is 0 Å². The Morgan fingerprint density at radius 3 is 2.19 bits per heavy atom. The number of furan rings is 1. The lowest BCUT2D eigenvalue weighted by atomic mass is 10.1. The highest BCUT2D eigenvalue weighted by molar-refractivity contribution is 5.11. The number of likely N-dealkylation sites (N-methyl/N-ethyl adjacent to an activating group) is 1. The standard InChI is InChI=1S/C17H33N3O/c1-6-19(7-2)12-9-13-20(8-3)17(15(5)18)16-11-10-14(4)21-16/h10-11,15,17H,6-9,12-13,18H2,1-5H3. The molecule has 1 heterocycles. The molecule has 2 N–H and O–H groups in total. The predicted octanol–water partition coefficient (Wildman–Crippen LogP) is 3.03. The van der Waals surface area contributed by atoms with E-state index in [1.807, 2.05) is 13.0 Å². The van der Waals surface area contributed by atoms with Crippen molar-refractivity contribution in [3.8, 4) is 0 Å². The van der Waals surface area contributed by atoms with Gasteiger partial charge >= 0.3 is 0 Å². The van der Waals surface area contributed by atoms with Crippen LogP contribution in [0.3, 0.4) is 0 Å². The average molecular weight is 295 g/mol. The zero-order chi connectivity index (χ0) is 15.8. The fourth-order valence-electron chi connectivity index (χ4n) is 2.92. The maximum Gasteiger partial charge on any atom is 0.122 e. The fourth-order valence-corrected chi connectivity index (χ4v) is 2.92. The molecule has 1 aromatic heterocycles. The van der Waals surface area contributed by atoms with Gasteiger partial charge in [0.05, 0.1) is 6.04 Å². The highest BCUT2D eigenvalue weighted by Crippen LogP contribution is 2.25. The van der Waals surface area contributed by atoms with E-state index in [9.17, 15) is 0 Å². The Kier molecular flexibility index (Phi) is 8.01. The van der Waals surface area contributed by atoms with Gasteiger partial charge in [-0.25, -0.2) is 0 Å². The maximum absolute atomic E-state index is 6.23. The second-order valence-electron chi connectivity index (χ2n) is 5.76. The molecule has 0 aliphatic rings. The van der Waals surface area contributed by atoms with Gasteiger partial charge in [0, 0.05) is 12.6 Å². The molecule has 1 rings (SSSR count). The Labute approximate surface area is 130 Å². The normalized spacial score (nSPS) is 14.9. The van der Waals surface area contributed by atoms with Gasteiger partial charge < -0.3 is 15.1 Å². The molecule has 0 bridgehead atoms. The van der Waals surface area contributed by atoms with Crippen LogP contribution in [0.15, 0.2) is 16.5 Å². The molecule has 4 nitrogen and oxygen atoms in total. The summed E-state index contributed by atoms with van der Waals surface area (Å²) in [5, 5.41) is 0. The van der Waals surface area contributed by atoms with Crippen LogP contribution in [0.4, 0.5) is 0 Å². The number of hydrogen-bond donors (Lipinski definition) is 1. The van der Waals surface area contributed by atoms with Crippen molar-refractivity contribution in [3.05, 3.63) is 23.7 Å². The molecule has 2 atom stereocenters. The third-order valence-electron chi connectivity index (χ3n) is 4.16. The van der Waals surface area contributed by atoms with Crippen LogP contribution in [0.25, 0.3) is 0 Å². The third kappa shape index (κ3) is 5.46. The van der Waals surface area contributed by atoms with Crippen LogP contribution in [0.1, 0.15) is 51.7 Å². The van der Waals surface area contributed by atoms with Crippen molar-refractivity contribution in [1.29, 1.82) is 0 Å². The lowest BCUT2D eigenvalue weighted by molar-refractivity contribution is 0.151. The van der Waals surface area contributed by atoms with Gasteiger partial charge in [-0.2, -0.15) is 0 Å². The molecule has 0 fully saturated rings. The van der Waals surface area contributed by atoms with Gasteiger partial charge in [0.15, 0.2) is 0 Å². The predicted molar refractivity (Wildman–Crippen MR) is 89.5 cm³/mol. The molecule has 2 unspecified atom stereocenters. The quantitative estimate of drug-likeness (QED) is 0.720. The first-order valence-electron chi connectivity index (χ1n) is 8.31. The van der Waals surface area contributed by atoms with Crippen molar-refractivity contribution in [3.63, 3.8) is 0 Å². The minimum atomic E-state index is 0.0592. The summed E-state index contributed by atoms with van der Waals surface area (Å²) in [7, 11) is 0. The third-order valence-corrected chi connectivity index (χ3v) is 4.16. The van der Waals surface area contributed by atoms with Gasteiger partial charge in [-0.15, -0.1) is 0 Å². The van der Waals surface area contributed by atoms with Gasteiger partial charge in [-0.1, -0.05) is 20.8 Å². The fraction of sp³-hybridized carbons (Fsp3) is 0.765. The van der Waals surface area contributed by atoms with Gasteiger partial charge in [-0.3, -0.25) is 4.90 Å². The van der Waals surface area contributed by atoms with Crippen molar-refractivity contribution >= 4 is 0 Å². The number of aryl methyl sites for hydroxylation is 1. The number of rotatable bonds is 10. The Hall–Kier alpha value is -0.840. The molecule has 0 saturated carbocycles. The SMILES string of the molecule is CCN(CC)CCCN(CC)C(c1ccc(C)o1)C(C)N. The highest BCUT2D eigenvalue weighted by atomic mass is 16.3. The minimum absolute atomic E-state index is 0.0592. The molecule has 21 heavy (non-hydrogen) atoms. The van der Waals surface area contributed by atoms with Crippen molar-refractivity contribution in [2.75, 3.05) is 32.7 Å². The summed E-state index contributed by atoms with van der Waals surface area (Å²) >= 11 is 0.